The third-order valence-corrected chi connectivity index (χ3v) is 5.87. The van der Waals surface area contributed by atoms with Crippen LogP contribution in [0.4, 0.5) is 0 Å². The molecule has 0 atom stereocenters. The normalized spacial score (nSPS) is 15.2. The topological polar surface area (TPSA) is 97.7 Å². The van der Waals surface area contributed by atoms with E-state index in [0.29, 0.717) is 43.2 Å². The van der Waals surface area contributed by atoms with Crippen molar-refractivity contribution in [2.24, 2.45) is 0 Å². The van der Waals surface area contributed by atoms with Crippen LogP contribution in [0.15, 0.2) is 65.4 Å². The number of aromatic nitrogens is 4. The number of nitriles is 1. The van der Waals surface area contributed by atoms with Crippen LogP contribution in [0.25, 0.3) is 34.0 Å². The average Bonchev–Trinajstić information content (AvgIpc) is 3.35. The summed E-state index contributed by atoms with van der Waals surface area (Å²) < 4.78 is 11.1. The molecule has 0 unspecified atom stereocenters. The Labute approximate surface area is 185 Å². The molecule has 1 saturated heterocycles. The summed E-state index contributed by atoms with van der Waals surface area (Å²) >= 11 is 0. The highest BCUT2D eigenvalue weighted by Crippen LogP contribution is 2.35. The molecule has 0 N–H and O–H groups in total. The number of hydrogen-bond donors (Lipinski definition) is 0. The van der Waals surface area contributed by atoms with E-state index in [9.17, 15) is 5.26 Å². The summed E-state index contributed by atoms with van der Waals surface area (Å²) in [6, 6.07) is 18.0. The molecule has 0 amide bonds. The van der Waals surface area contributed by atoms with Crippen molar-refractivity contribution in [2.45, 2.75) is 25.2 Å². The maximum absolute atomic E-state index is 9.89. The minimum Gasteiger partial charge on any atom is -0.381 e. The molecule has 0 aliphatic carbocycles. The number of benzene rings is 1. The van der Waals surface area contributed by atoms with E-state index in [1.807, 2.05) is 55.5 Å². The fourth-order valence-electron chi connectivity index (χ4n) is 3.95. The smallest absolute Gasteiger partial charge is 0.187 e. The molecule has 4 heterocycles. The third-order valence-electron chi connectivity index (χ3n) is 5.87. The number of hydrogen-bond acceptors (Lipinski definition) is 7. The van der Waals surface area contributed by atoms with Gasteiger partial charge >= 0.3 is 0 Å². The Bertz CT molecular complexity index is 1290. The Balaban J connectivity index is 1.51. The van der Waals surface area contributed by atoms with Crippen LogP contribution in [-0.4, -0.2) is 33.3 Å². The van der Waals surface area contributed by atoms with Gasteiger partial charge in [-0.25, -0.2) is 4.98 Å². The van der Waals surface area contributed by atoms with Gasteiger partial charge in [-0.15, -0.1) is 0 Å². The van der Waals surface area contributed by atoms with Gasteiger partial charge in [0.05, 0.1) is 29.3 Å². The van der Waals surface area contributed by atoms with Gasteiger partial charge in [0, 0.05) is 36.6 Å². The van der Waals surface area contributed by atoms with Crippen molar-refractivity contribution in [1.29, 1.82) is 5.26 Å². The van der Waals surface area contributed by atoms with E-state index >= 15 is 0 Å². The van der Waals surface area contributed by atoms with Crippen LogP contribution >= 0.6 is 0 Å². The fraction of sp³-hybridized carbons (Fsp3) is 0.240. The molecule has 158 valence electrons. The first kappa shape index (κ1) is 20.0. The second-order valence-corrected chi connectivity index (χ2v) is 7.87. The molecule has 0 spiro atoms. The van der Waals surface area contributed by atoms with Crippen LogP contribution in [0.5, 0.6) is 0 Å². The van der Waals surface area contributed by atoms with Crippen molar-refractivity contribution in [2.75, 3.05) is 13.2 Å². The minimum atomic E-state index is -0.634. The summed E-state index contributed by atoms with van der Waals surface area (Å²) in [5, 5.41) is 14.1. The second-order valence-electron chi connectivity index (χ2n) is 7.87. The van der Waals surface area contributed by atoms with Crippen molar-refractivity contribution in [3.05, 3.63) is 72.3 Å². The number of nitrogens with zero attached hydrogens (tertiary/aromatic N) is 5. The fourth-order valence-corrected chi connectivity index (χ4v) is 3.95. The van der Waals surface area contributed by atoms with Gasteiger partial charge in [0.15, 0.2) is 5.76 Å². The molecule has 1 aliphatic rings. The first-order valence-electron chi connectivity index (χ1n) is 10.5. The van der Waals surface area contributed by atoms with Gasteiger partial charge in [0.25, 0.3) is 0 Å². The molecular weight excluding hydrogens is 402 g/mol. The second kappa shape index (κ2) is 8.33. The molecule has 32 heavy (non-hydrogen) atoms. The summed E-state index contributed by atoms with van der Waals surface area (Å²) in [6.45, 7) is 3.01. The lowest BCUT2D eigenvalue weighted by Crippen LogP contribution is -2.33. The summed E-state index contributed by atoms with van der Waals surface area (Å²) in [5.74, 6) is 0.558. The maximum atomic E-state index is 9.89. The minimum absolute atomic E-state index is 0.558. The van der Waals surface area contributed by atoms with Crippen LogP contribution in [0.2, 0.25) is 0 Å². The molecule has 1 aliphatic heterocycles. The van der Waals surface area contributed by atoms with Crippen molar-refractivity contribution in [1.82, 2.24) is 20.1 Å². The Morgan fingerprint density at radius 1 is 0.969 bits per heavy atom. The zero-order valence-electron chi connectivity index (χ0n) is 17.7. The van der Waals surface area contributed by atoms with Crippen LogP contribution < -0.4 is 0 Å². The van der Waals surface area contributed by atoms with Crippen LogP contribution in [0, 0.1) is 18.3 Å². The van der Waals surface area contributed by atoms with Gasteiger partial charge in [0.2, 0.25) is 0 Å². The summed E-state index contributed by atoms with van der Waals surface area (Å²) in [5.41, 5.74) is 4.75. The molecule has 4 aromatic rings. The summed E-state index contributed by atoms with van der Waals surface area (Å²) in [4.78, 5) is 13.9. The van der Waals surface area contributed by atoms with Crippen molar-refractivity contribution in [3.8, 4) is 40.0 Å². The third kappa shape index (κ3) is 3.66. The van der Waals surface area contributed by atoms with Crippen LogP contribution in [0.1, 0.15) is 24.2 Å². The first-order chi connectivity index (χ1) is 15.7. The van der Waals surface area contributed by atoms with Crippen molar-refractivity contribution < 1.29 is 9.26 Å². The van der Waals surface area contributed by atoms with Gasteiger partial charge in [-0.05, 0) is 31.9 Å². The highest BCUT2D eigenvalue weighted by molar-refractivity contribution is 5.68. The zero-order valence-corrected chi connectivity index (χ0v) is 17.7. The molecular formula is C25H21N5O2. The van der Waals surface area contributed by atoms with E-state index in [0.717, 1.165) is 28.2 Å². The first-order valence-corrected chi connectivity index (χ1v) is 10.5. The van der Waals surface area contributed by atoms with E-state index in [1.165, 1.54) is 0 Å². The molecule has 1 aromatic carbocycles. The van der Waals surface area contributed by atoms with Gasteiger partial charge in [-0.1, -0.05) is 35.5 Å². The molecule has 7 heteroatoms. The molecule has 1 fully saturated rings. The standard InChI is InChI=1S/C25H21N5O2/c1-17-24(22-14-20(30-32-22)18-5-3-2-4-6-18)29-21(15-28-17)19-7-10-27-23(13-19)25(16-26)8-11-31-12-9-25/h2-7,10,13-15H,8-9,11-12H2,1H3. The molecule has 7 nitrogen and oxygen atoms in total. The van der Waals surface area contributed by atoms with E-state index in [2.05, 4.69) is 21.2 Å². The van der Waals surface area contributed by atoms with Crippen LogP contribution in [-0.2, 0) is 10.2 Å². The average molecular weight is 423 g/mol. The quantitative estimate of drug-likeness (QED) is 0.467. The largest absolute Gasteiger partial charge is 0.381 e. The molecule has 0 bridgehead atoms. The predicted octanol–water partition coefficient (Wildman–Crippen LogP) is 4.74. The molecule has 0 saturated carbocycles. The van der Waals surface area contributed by atoms with Crippen molar-refractivity contribution in [3.63, 3.8) is 0 Å². The van der Waals surface area contributed by atoms with E-state index in [4.69, 9.17) is 14.2 Å². The Morgan fingerprint density at radius 3 is 2.56 bits per heavy atom. The number of pyridine rings is 1. The summed E-state index contributed by atoms with van der Waals surface area (Å²) in [7, 11) is 0. The highest BCUT2D eigenvalue weighted by atomic mass is 16.5. The number of ether oxygens (including phenoxy) is 1. The molecule has 0 radical (unpaired) electrons. The zero-order chi connectivity index (χ0) is 22.0. The summed E-state index contributed by atoms with van der Waals surface area (Å²) in [6.07, 6.45) is 4.72. The molecule has 5 rings (SSSR count). The monoisotopic (exact) mass is 423 g/mol. The molecule has 3 aromatic heterocycles. The number of rotatable bonds is 4. The van der Waals surface area contributed by atoms with Gasteiger partial charge in [0.1, 0.15) is 16.8 Å². The highest BCUT2D eigenvalue weighted by Gasteiger charge is 2.36. The SMILES string of the molecule is Cc1ncc(-c2ccnc(C3(C#N)CCOCC3)c2)nc1-c1cc(-c2ccccc2)no1. The van der Waals surface area contributed by atoms with Gasteiger partial charge in [-0.3, -0.25) is 9.97 Å². The van der Waals surface area contributed by atoms with Gasteiger partial charge in [-0.2, -0.15) is 5.26 Å². The van der Waals surface area contributed by atoms with E-state index in [1.54, 1.807) is 12.4 Å². The van der Waals surface area contributed by atoms with Gasteiger partial charge < -0.3 is 9.26 Å². The van der Waals surface area contributed by atoms with Crippen molar-refractivity contribution >= 4 is 0 Å². The lowest BCUT2D eigenvalue weighted by atomic mass is 9.78. The lowest BCUT2D eigenvalue weighted by molar-refractivity contribution is 0.0664. The number of aryl methyl sites for hydroxylation is 1. The predicted molar refractivity (Wildman–Crippen MR) is 118 cm³/mol. The van der Waals surface area contributed by atoms with Crippen LogP contribution in [0.3, 0.4) is 0 Å². The van der Waals surface area contributed by atoms with E-state index < -0.39 is 5.41 Å². The lowest BCUT2D eigenvalue weighted by Gasteiger charge is -2.30. The maximum Gasteiger partial charge on any atom is 0.187 e. The Morgan fingerprint density at radius 2 is 1.78 bits per heavy atom. The Kier molecular flexibility index (Phi) is 5.21. The Hall–Kier alpha value is -3.89. The van der Waals surface area contributed by atoms with E-state index in [-0.39, 0.29) is 0 Å².